The fourth-order valence-electron chi connectivity index (χ4n) is 2.31. The van der Waals surface area contributed by atoms with Crippen molar-refractivity contribution in [2.75, 3.05) is 5.32 Å². The van der Waals surface area contributed by atoms with Crippen LogP contribution >= 0.6 is 0 Å². The minimum absolute atomic E-state index is 0.591. The van der Waals surface area contributed by atoms with Gasteiger partial charge < -0.3 is 5.32 Å². The molecule has 0 spiro atoms. The molecule has 0 saturated carbocycles. The van der Waals surface area contributed by atoms with Crippen LogP contribution in [0.15, 0.2) is 48.5 Å². The second-order valence-corrected chi connectivity index (χ2v) is 12.2. The van der Waals surface area contributed by atoms with Gasteiger partial charge in [-0.25, -0.2) is 0 Å². The molecular formula is C19H27NSi. The van der Waals surface area contributed by atoms with Crippen LogP contribution in [0.5, 0.6) is 0 Å². The van der Waals surface area contributed by atoms with Crippen molar-refractivity contribution in [1.29, 1.82) is 0 Å². The minimum Gasteiger partial charge on any atom is -0.381 e. The van der Waals surface area contributed by atoms with E-state index in [1.807, 2.05) is 0 Å². The molecule has 0 amide bonds. The predicted octanol–water partition coefficient (Wildman–Crippen LogP) is 4.97. The average molecular weight is 298 g/mol. The summed E-state index contributed by atoms with van der Waals surface area (Å²) < 4.78 is 0. The summed E-state index contributed by atoms with van der Waals surface area (Å²) in [4.78, 5) is 0. The third-order valence-corrected chi connectivity index (χ3v) is 5.96. The lowest BCUT2D eigenvalue weighted by Crippen LogP contribution is -2.37. The molecule has 2 rings (SSSR count). The van der Waals surface area contributed by atoms with Crippen LogP contribution in [-0.4, -0.2) is 8.07 Å². The van der Waals surface area contributed by atoms with Crippen molar-refractivity contribution < 1.29 is 0 Å². The SMILES string of the molecule is CC(C)c1ccc(NCc2ccc([Si](C)(C)C)cc2)cc1. The molecule has 0 bridgehead atoms. The summed E-state index contributed by atoms with van der Waals surface area (Å²) in [5, 5.41) is 5.02. The lowest BCUT2D eigenvalue weighted by molar-refractivity contribution is 0.867. The molecule has 1 N–H and O–H groups in total. The largest absolute Gasteiger partial charge is 0.381 e. The molecule has 0 atom stereocenters. The van der Waals surface area contributed by atoms with Crippen LogP contribution in [0.3, 0.4) is 0 Å². The highest BCUT2D eigenvalue weighted by molar-refractivity contribution is 6.88. The van der Waals surface area contributed by atoms with Crippen LogP contribution in [-0.2, 0) is 6.54 Å². The van der Waals surface area contributed by atoms with Gasteiger partial charge in [-0.1, -0.05) is 75.1 Å². The van der Waals surface area contributed by atoms with Crippen molar-refractivity contribution in [3.63, 3.8) is 0 Å². The van der Waals surface area contributed by atoms with Crippen molar-refractivity contribution in [1.82, 2.24) is 0 Å². The van der Waals surface area contributed by atoms with Gasteiger partial charge >= 0.3 is 0 Å². The Kier molecular flexibility index (Phi) is 4.89. The maximum Gasteiger partial charge on any atom is 0.0775 e. The lowest BCUT2D eigenvalue weighted by Gasteiger charge is -2.17. The number of hydrogen-bond acceptors (Lipinski definition) is 1. The maximum absolute atomic E-state index is 3.50. The molecule has 1 nitrogen and oxygen atoms in total. The van der Waals surface area contributed by atoms with E-state index in [4.69, 9.17) is 0 Å². The predicted molar refractivity (Wildman–Crippen MR) is 97.3 cm³/mol. The molecule has 0 aromatic heterocycles. The Balaban J connectivity index is 1.96. The summed E-state index contributed by atoms with van der Waals surface area (Å²) in [5.74, 6) is 0.591. The van der Waals surface area contributed by atoms with E-state index >= 15 is 0 Å². The van der Waals surface area contributed by atoms with Gasteiger partial charge in [0.1, 0.15) is 0 Å². The van der Waals surface area contributed by atoms with E-state index in [1.165, 1.54) is 22.0 Å². The van der Waals surface area contributed by atoms with Crippen molar-refractivity contribution in [3.05, 3.63) is 59.7 Å². The van der Waals surface area contributed by atoms with Crippen LogP contribution in [0.25, 0.3) is 0 Å². The Morgan fingerprint density at radius 3 is 1.90 bits per heavy atom. The minimum atomic E-state index is -1.18. The van der Waals surface area contributed by atoms with E-state index in [9.17, 15) is 0 Å². The second kappa shape index (κ2) is 6.48. The molecule has 0 unspecified atom stereocenters. The van der Waals surface area contributed by atoms with E-state index in [1.54, 1.807) is 0 Å². The van der Waals surface area contributed by atoms with Crippen molar-refractivity contribution in [2.45, 2.75) is 46.0 Å². The molecule has 21 heavy (non-hydrogen) atoms. The molecular weight excluding hydrogens is 270 g/mol. The number of hydrogen-bond donors (Lipinski definition) is 1. The number of benzene rings is 2. The highest BCUT2D eigenvalue weighted by Crippen LogP contribution is 2.17. The number of anilines is 1. The zero-order valence-electron chi connectivity index (χ0n) is 13.9. The Morgan fingerprint density at radius 1 is 0.857 bits per heavy atom. The highest BCUT2D eigenvalue weighted by atomic mass is 28.3. The van der Waals surface area contributed by atoms with E-state index in [0.29, 0.717) is 5.92 Å². The zero-order chi connectivity index (χ0) is 15.5. The summed E-state index contributed by atoms with van der Waals surface area (Å²) in [6, 6.07) is 17.9. The molecule has 2 aromatic carbocycles. The van der Waals surface area contributed by atoms with Crippen LogP contribution in [0.4, 0.5) is 5.69 Å². The molecule has 0 fully saturated rings. The van der Waals surface area contributed by atoms with Gasteiger partial charge in [-0.05, 0) is 29.2 Å². The summed E-state index contributed by atoms with van der Waals surface area (Å²) >= 11 is 0. The molecule has 2 aromatic rings. The second-order valence-electron chi connectivity index (χ2n) is 7.08. The first-order chi connectivity index (χ1) is 9.86. The average Bonchev–Trinajstić information content (AvgIpc) is 2.45. The third kappa shape index (κ3) is 4.47. The molecule has 0 radical (unpaired) electrons. The Bertz CT molecular complexity index is 562. The maximum atomic E-state index is 3.50. The van der Waals surface area contributed by atoms with Gasteiger partial charge in [-0.3, -0.25) is 0 Å². The zero-order valence-corrected chi connectivity index (χ0v) is 14.9. The van der Waals surface area contributed by atoms with Gasteiger partial charge in [0.05, 0.1) is 8.07 Å². The lowest BCUT2D eigenvalue weighted by atomic mass is 10.0. The van der Waals surface area contributed by atoms with Gasteiger partial charge in [0, 0.05) is 12.2 Å². The van der Waals surface area contributed by atoms with Crippen molar-refractivity contribution >= 4 is 18.9 Å². The highest BCUT2D eigenvalue weighted by Gasteiger charge is 2.15. The van der Waals surface area contributed by atoms with Gasteiger partial charge in [-0.2, -0.15) is 0 Å². The fraction of sp³-hybridized carbons (Fsp3) is 0.368. The first-order valence-electron chi connectivity index (χ1n) is 7.79. The third-order valence-electron chi connectivity index (χ3n) is 3.89. The van der Waals surface area contributed by atoms with Crippen LogP contribution in [0.2, 0.25) is 19.6 Å². The Morgan fingerprint density at radius 2 is 1.43 bits per heavy atom. The van der Waals surface area contributed by atoms with E-state index < -0.39 is 8.07 Å². The van der Waals surface area contributed by atoms with Gasteiger partial charge in [0.15, 0.2) is 0 Å². The summed E-state index contributed by atoms with van der Waals surface area (Å²) in [6.07, 6.45) is 0. The van der Waals surface area contributed by atoms with E-state index in [2.05, 4.69) is 87.3 Å². The number of rotatable bonds is 5. The van der Waals surface area contributed by atoms with E-state index in [0.717, 1.165) is 6.54 Å². The molecule has 0 aliphatic rings. The van der Waals surface area contributed by atoms with E-state index in [-0.39, 0.29) is 0 Å². The number of nitrogens with one attached hydrogen (secondary N) is 1. The van der Waals surface area contributed by atoms with Crippen molar-refractivity contribution in [2.24, 2.45) is 0 Å². The molecule has 112 valence electrons. The normalized spacial score (nSPS) is 11.7. The quantitative estimate of drug-likeness (QED) is 0.769. The monoisotopic (exact) mass is 297 g/mol. The molecule has 0 saturated heterocycles. The van der Waals surface area contributed by atoms with Gasteiger partial charge in [0.2, 0.25) is 0 Å². The smallest absolute Gasteiger partial charge is 0.0775 e. The summed E-state index contributed by atoms with van der Waals surface area (Å²) in [7, 11) is -1.18. The first kappa shape index (κ1) is 15.8. The van der Waals surface area contributed by atoms with Gasteiger partial charge in [0.25, 0.3) is 0 Å². The Labute approximate surface area is 130 Å². The van der Waals surface area contributed by atoms with Crippen LogP contribution in [0, 0.1) is 0 Å². The summed E-state index contributed by atoms with van der Waals surface area (Å²) in [6.45, 7) is 12.5. The molecule has 0 aliphatic carbocycles. The molecule has 0 heterocycles. The fourth-order valence-corrected chi connectivity index (χ4v) is 3.48. The van der Waals surface area contributed by atoms with Crippen LogP contribution in [0.1, 0.15) is 30.9 Å². The first-order valence-corrected chi connectivity index (χ1v) is 11.3. The van der Waals surface area contributed by atoms with Gasteiger partial charge in [-0.15, -0.1) is 0 Å². The topological polar surface area (TPSA) is 12.0 Å². The molecule has 2 heteroatoms. The molecule has 0 aliphatic heterocycles. The van der Waals surface area contributed by atoms with Crippen LogP contribution < -0.4 is 10.5 Å². The standard InChI is InChI=1S/C19H27NSi/c1-15(2)17-8-10-18(11-9-17)20-14-16-6-12-19(13-7-16)21(3,4)5/h6-13,15,20H,14H2,1-5H3. The summed E-state index contributed by atoms with van der Waals surface area (Å²) in [5.41, 5.74) is 3.92. The van der Waals surface area contributed by atoms with Crippen molar-refractivity contribution in [3.8, 4) is 0 Å². The Hall–Kier alpha value is -1.54.